The molecule has 0 unspecified atom stereocenters. The van der Waals surface area contributed by atoms with Crippen molar-refractivity contribution in [2.75, 3.05) is 11.9 Å². The number of hydrogen-bond donors (Lipinski definition) is 1. The number of carbonyl (C=O) groups excluding carboxylic acids is 2. The van der Waals surface area contributed by atoms with E-state index in [4.69, 9.17) is 0 Å². The molecular weight excluding hydrogens is 394 g/mol. The van der Waals surface area contributed by atoms with Gasteiger partial charge in [0.05, 0.1) is 0 Å². The molecule has 1 aromatic heterocycles. The van der Waals surface area contributed by atoms with Gasteiger partial charge < -0.3 is 10.2 Å². The number of anilines is 1. The Labute approximate surface area is 180 Å². The Hall–Kier alpha value is -3.68. The molecule has 3 aromatic rings. The molecule has 0 bridgehead atoms. The van der Waals surface area contributed by atoms with E-state index in [0.717, 1.165) is 26.9 Å². The first-order chi connectivity index (χ1) is 14.8. The van der Waals surface area contributed by atoms with Gasteiger partial charge >= 0.3 is 5.69 Å². The Balaban J connectivity index is 1.51. The monoisotopic (exact) mass is 419 g/mol. The van der Waals surface area contributed by atoms with Crippen LogP contribution in [0.2, 0.25) is 0 Å². The second-order valence-electron chi connectivity index (χ2n) is 7.94. The van der Waals surface area contributed by atoms with E-state index in [2.05, 4.69) is 10.4 Å². The SMILES string of the molecule is Cc1ccc(C)c(NC(=O)Cn2nc3n(c2=O)CCN(Cc2ccccc2C)C3=O)c1. The van der Waals surface area contributed by atoms with Crippen LogP contribution >= 0.6 is 0 Å². The van der Waals surface area contributed by atoms with Gasteiger partial charge in [0, 0.05) is 25.3 Å². The largest absolute Gasteiger partial charge is 0.346 e. The Morgan fingerprint density at radius 3 is 2.58 bits per heavy atom. The lowest BCUT2D eigenvalue weighted by molar-refractivity contribution is -0.117. The quantitative estimate of drug-likeness (QED) is 0.687. The number of benzene rings is 2. The molecule has 31 heavy (non-hydrogen) atoms. The van der Waals surface area contributed by atoms with Crippen molar-refractivity contribution in [1.82, 2.24) is 19.2 Å². The third kappa shape index (κ3) is 4.14. The van der Waals surface area contributed by atoms with Gasteiger partial charge in [-0.25, -0.2) is 9.48 Å². The van der Waals surface area contributed by atoms with Crippen molar-refractivity contribution in [2.24, 2.45) is 0 Å². The molecule has 1 aliphatic heterocycles. The van der Waals surface area contributed by atoms with Crippen LogP contribution < -0.4 is 11.0 Å². The van der Waals surface area contributed by atoms with Crippen LogP contribution in [-0.2, 0) is 24.4 Å². The van der Waals surface area contributed by atoms with Gasteiger partial charge in [-0.15, -0.1) is 5.10 Å². The molecule has 2 aromatic carbocycles. The van der Waals surface area contributed by atoms with Crippen molar-refractivity contribution in [1.29, 1.82) is 0 Å². The van der Waals surface area contributed by atoms with Crippen molar-refractivity contribution < 1.29 is 9.59 Å². The van der Waals surface area contributed by atoms with Crippen molar-refractivity contribution in [2.45, 2.75) is 40.4 Å². The van der Waals surface area contributed by atoms with Crippen LogP contribution in [0.25, 0.3) is 0 Å². The van der Waals surface area contributed by atoms with Crippen LogP contribution in [0.1, 0.15) is 32.9 Å². The highest BCUT2D eigenvalue weighted by Crippen LogP contribution is 2.17. The Bertz CT molecular complexity index is 1220. The number of aromatic nitrogens is 3. The molecule has 160 valence electrons. The molecule has 0 aliphatic carbocycles. The van der Waals surface area contributed by atoms with Gasteiger partial charge in [0.2, 0.25) is 11.7 Å². The van der Waals surface area contributed by atoms with E-state index >= 15 is 0 Å². The molecule has 0 atom stereocenters. The van der Waals surface area contributed by atoms with E-state index in [-0.39, 0.29) is 24.2 Å². The summed E-state index contributed by atoms with van der Waals surface area (Å²) in [5, 5.41) is 7.01. The first kappa shape index (κ1) is 20.6. The van der Waals surface area contributed by atoms with E-state index in [1.165, 1.54) is 4.57 Å². The second-order valence-corrected chi connectivity index (χ2v) is 7.94. The highest BCUT2D eigenvalue weighted by Gasteiger charge is 2.30. The van der Waals surface area contributed by atoms with E-state index in [0.29, 0.717) is 25.3 Å². The first-order valence-corrected chi connectivity index (χ1v) is 10.2. The lowest BCUT2D eigenvalue weighted by Gasteiger charge is -2.27. The van der Waals surface area contributed by atoms with Crippen LogP contribution in [0.15, 0.2) is 47.3 Å². The maximum atomic E-state index is 12.9. The standard InChI is InChI=1S/C23H25N5O3/c1-15-8-9-17(3)19(12-15)24-20(29)14-28-23(31)27-11-10-26(22(30)21(27)25-28)13-18-7-5-4-6-16(18)2/h4-9,12H,10-11,13-14H2,1-3H3,(H,24,29). The van der Waals surface area contributed by atoms with Crippen LogP contribution in [0, 0.1) is 20.8 Å². The average molecular weight is 419 g/mol. The van der Waals surface area contributed by atoms with Crippen LogP contribution in [0.5, 0.6) is 0 Å². The van der Waals surface area contributed by atoms with Crippen molar-refractivity contribution in [3.05, 3.63) is 81.0 Å². The summed E-state index contributed by atoms with van der Waals surface area (Å²) in [4.78, 5) is 39.9. The minimum atomic E-state index is -0.449. The van der Waals surface area contributed by atoms with Gasteiger partial charge in [-0.05, 0) is 49.1 Å². The maximum absolute atomic E-state index is 12.9. The molecule has 1 aliphatic rings. The molecule has 0 fully saturated rings. The van der Waals surface area contributed by atoms with Crippen molar-refractivity contribution >= 4 is 17.5 Å². The molecule has 0 radical (unpaired) electrons. The summed E-state index contributed by atoms with van der Waals surface area (Å²) < 4.78 is 2.41. The number of amides is 2. The van der Waals surface area contributed by atoms with E-state index in [9.17, 15) is 14.4 Å². The maximum Gasteiger partial charge on any atom is 0.346 e. The number of nitrogens with zero attached hydrogens (tertiary/aromatic N) is 4. The molecule has 2 amide bonds. The van der Waals surface area contributed by atoms with Crippen molar-refractivity contribution in [3.8, 4) is 0 Å². The summed E-state index contributed by atoms with van der Waals surface area (Å²) in [6.45, 7) is 6.82. The number of nitrogens with one attached hydrogen (secondary N) is 1. The van der Waals surface area contributed by atoms with Gasteiger partial charge in [-0.1, -0.05) is 36.4 Å². The summed E-state index contributed by atoms with van der Waals surface area (Å²) in [5.74, 6) is -0.597. The zero-order valence-corrected chi connectivity index (χ0v) is 17.9. The summed E-state index contributed by atoms with van der Waals surface area (Å²) in [6.07, 6.45) is 0. The number of hydrogen-bond acceptors (Lipinski definition) is 4. The van der Waals surface area contributed by atoms with Crippen LogP contribution in [0.4, 0.5) is 5.69 Å². The molecule has 8 nitrogen and oxygen atoms in total. The highest BCUT2D eigenvalue weighted by atomic mass is 16.2. The Morgan fingerprint density at radius 1 is 1.03 bits per heavy atom. The number of carbonyl (C=O) groups is 2. The van der Waals surface area contributed by atoms with Gasteiger partial charge in [0.15, 0.2) is 0 Å². The fourth-order valence-corrected chi connectivity index (χ4v) is 3.71. The van der Waals surface area contributed by atoms with E-state index in [1.807, 2.05) is 63.2 Å². The van der Waals surface area contributed by atoms with E-state index < -0.39 is 5.69 Å². The molecule has 0 saturated carbocycles. The summed E-state index contributed by atoms with van der Waals surface area (Å²) in [7, 11) is 0. The summed E-state index contributed by atoms with van der Waals surface area (Å²) in [5.41, 5.74) is 4.36. The van der Waals surface area contributed by atoms with Crippen molar-refractivity contribution in [3.63, 3.8) is 0 Å². The minimum Gasteiger partial charge on any atom is -0.330 e. The third-order valence-electron chi connectivity index (χ3n) is 5.58. The van der Waals surface area contributed by atoms with Gasteiger partial charge in [0.1, 0.15) is 6.54 Å². The van der Waals surface area contributed by atoms with Gasteiger partial charge in [-0.3, -0.25) is 14.2 Å². The molecular formula is C23H25N5O3. The van der Waals surface area contributed by atoms with Crippen LogP contribution in [-0.4, -0.2) is 37.6 Å². The third-order valence-corrected chi connectivity index (χ3v) is 5.58. The average Bonchev–Trinajstić information content (AvgIpc) is 3.04. The van der Waals surface area contributed by atoms with Crippen LogP contribution in [0.3, 0.4) is 0 Å². The minimum absolute atomic E-state index is 0.0735. The Kier molecular flexibility index (Phi) is 5.46. The summed E-state index contributed by atoms with van der Waals surface area (Å²) >= 11 is 0. The molecule has 8 heteroatoms. The molecule has 0 saturated heterocycles. The lowest BCUT2D eigenvalue weighted by Crippen LogP contribution is -2.42. The molecule has 0 spiro atoms. The topological polar surface area (TPSA) is 89.2 Å². The smallest absolute Gasteiger partial charge is 0.330 e. The highest BCUT2D eigenvalue weighted by molar-refractivity contribution is 5.92. The molecule has 4 rings (SSSR count). The fraction of sp³-hybridized carbons (Fsp3) is 0.304. The fourth-order valence-electron chi connectivity index (χ4n) is 3.71. The zero-order valence-electron chi connectivity index (χ0n) is 17.9. The molecule has 1 N–H and O–H groups in total. The lowest BCUT2D eigenvalue weighted by atomic mass is 10.1. The normalized spacial score (nSPS) is 13.3. The van der Waals surface area contributed by atoms with Gasteiger partial charge in [-0.2, -0.15) is 0 Å². The zero-order chi connectivity index (χ0) is 22.1. The predicted octanol–water partition coefficient (Wildman–Crippen LogP) is 2.26. The number of aryl methyl sites for hydroxylation is 3. The Morgan fingerprint density at radius 2 is 1.81 bits per heavy atom. The predicted molar refractivity (Wildman–Crippen MR) is 117 cm³/mol. The van der Waals surface area contributed by atoms with E-state index in [1.54, 1.807) is 4.90 Å². The summed E-state index contributed by atoms with van der Waals surface area (Å²) in [6, 6.07) is 13.7. The molecule has 2 heterocycles. The number of rotatable bonds is 5. The second kappa shape index (κ2) is 8.22. The number of fused-ring (bicyclic) bond motifs is 1. The van der Waals surface area contributed by atoms with Gasteiger partial charge in [0.25, 0.3) is 5.91 Å². The first-order valence-electron chi connectivity index (χ1n) is 10.2.